The SMILES string of the molecule is CC(Nc1cc(C(=O)NC2CC2)c2ccccc2n1)c1ccc2c(c1)OCO2. The average molecular weight is 375 g/mol. The van der Waals surface area contributed by atoms with Gasteiger partial charge in [0, 0.05) is 11.4 Å². The van der Waals surface area contributed by atoms with E-state index in [9.17, 15) is 4.79 Å². The van der Waals surface area contributed by atoms with Crippen molar-refractivity contribution in [3.63, 3.8) is 0 Å². The van der Waals surface area contributed by atoms with Crippen LogP contribution in [-0.4, -0.2) is 23.7 Å². The summed E-state index contributed by atoms with van der Waals surface area (Å²) >= 11 is 0. The number of ether oxygens (including phenoxy) is 2. The molecule has 1 aromatic heterocycles. The van der Waals surface area contributed by atoms with Gasteiger partial charge in [0.1, 0.15) is 5.82 Å². The fourth-order valence-corrected chi connectivity index (χ4v) is 3.42. The summed E-state index contributed by atoms with van der Waals surface area (Å²) in [6.07, 6.45) is 2.11. The Kier molecular flexibility index (Phi) is 4.04. The van der Waals surface area contributed by atoms with Gasteiger partial charge >= 0.3 is 0 Å². The molecule has 1 fully saturated rings. The topological polar surface area (TPSA) is 72.5 Å². The van der Waals surface area contributed by atoms with E-state index >= 15 is 0 Å². The number of pyridine rings is 1. The highest BCUT2D eigenvalue weighted by atomic mass is 16.7. The van der Waals surface area contributed by atoms with Crippen molar-refractivity contribution in [1.82, 2.24) is 10.3 Å². The summed E-state index contributed by atoms with van der Waals surface area (Å²) in [6, 6.07) is 15.8. The number of nitrogens with zero attached hydrogens (tertiary/aromatic N) is 1. The molecule has 2 aromatic carbocycles. The van der Waals surface area contributed by atoms with E-state index in [0.29, 0.717) is 17.4 Å². The first-order valence-electron chi connectivity index (χ1n) is 9.54. The number of anilines is 1. The molecule has 1 unspecified atom stereocenters. The zero-order valence-electron chi connectivity index (χ0n) is 15.6. The Labute approximate surface area is 162 Å². The highest BCUT2D eigenvalue weighted by Gasteiger charge is 2.25. The molecule has 1 aliphatic carbocycles. The maximum Gasteiger partial charge on any atom is 0.252 e. The lowest BCUT2D eigenvalue weighted by atomic mass is 10.1. The van der Waals surface area contributed by atoms with Crippen LogP contribution in [0.25, 0.3) is 10.9 Å². The number of hydrogen-bond acceptors (Lipinski definition) is 5. The number of carbonyl (C=O) groups is 1. The van der Waals surface area contributed by atoms with Crippen LogP contribution in [0, 0.1) is 0 Å². The predicted octanol–water partition coefficient (Wildman–Crippen LogP) is 4.03. The lowest BCUT2D eigenvalue weighted by Gasteiger charge is -2.17. The van der Waals surface area contributed by atoms with E-state index in [1.165, 1.54) is 0 Å². The lowest BCUT2D eigenvalue weighted by molar-refractivity contribution is 0.0952. The van der Waals surface area contributed by atoms with Gasteiger partial charge in [-0.1, -0.05) is 24.3 Å². The second-order valence-electron chi connectivity index (χ2n) is 7.30. The zero-order valence-corrected chi connectivity index (χ0v) is 15.6. The minimum Gasteiger partial charge on any atom is -0.454 e. The monoisotopic (exact) mass is 375 g/mol. The number of benzene rings is 2. The molecule has 2 aliphatic rings. The third-order valence-electron chi connectivity index (χ3n) is 5.13. The van der Waals surface area contributed by atoms with E-state index in [2.05, 4.69) is 17.6 Å². The summed E-state index contributed by atoms with van der Waals surface area (Å²) in [5.74, 6) is 2.14. The molecule has 1 saturated carbocycles. The molecule has 1 amide bonds. The van der Waals surface area contributed by atoms with Crippen LogP contribution >= 0.6 is 0 Å². The number of amides is 1. The van der Waals surface area contributed by atoms with Gasteiger partial charge in [0.05, 0.1) is 17.1 Å². The minimum atomic E-state index is -0.0418. The van der Waals surface area contributed by atoms with Crippen molar-refractivity contribution >= 4 is 22.6 Å². The van der Waals surface area contributed by atoms with Gasteiger partial charge in [-0.2, -0.15) is 0 Å². The quantitative estimate of drug-likeness (QED) is 0.704. The summed E-state index contributed by atoms with van der Waals surface area (Å²) in [7, 11) is 0. The molecule has 2 N–H and O–H groups in total. The van der Waals surface area contributed by atoms with Gasteiger partial charge in [0.15, 0.2) is 11.5 Å². The third kappa shape index (κ3) is 3.22. The molecule has 2 heterocycles. The van der Waals surface area contributed by atoms with Gasteiger partial charge in [0.25, 0.3) is 5.91 Å². The van der Waals surface area contributed by atoms with Gasteiger partial charge < -0.3 is 20.1 Å². The molecule has 0 spiro atoms. The van der Waals surface area contributed by atoms with Gasteiger partial charge in [-0.15, -0.1) is 0 Å². The van der Waals surface area contributed by atoms with Crippen LogP contribution in [0.5, 0.6) is 11.5 Å². The summed E-state index contributed by atoms with van der Waals surface area (Å²) < 4.78 is 10.9. The summed E-state index contributed by atoms with van der Waals surface area (Å²) in [5, 5.41) is 7.36. The molecule has 142 valence electrons. The van der Waals surface area contributed by atoms with Gasteiger partial charge in [-0.25, -0.2) is 4.98 Å². The number of para-hydroxylation sites is 1. The van der Waals surface area contributed by atoms with Crippen LogP contribution in [0.15, 0.2) is 48.5 Å². The summed E-state index contributed by atoms with van der Waals surface area (Å²) in [5.41, 5.74) is 2.51. The first kappa shape index (κ1) is 16.9. The molecule has 6 nitrogen and oxygen atoms in total. The standard InChI is InChI=1S/C22H21N3O3/c1-13(14-6-9-19-20(10-14)28-12-27-19)23-21-11-17(22(26)24-15-7-8-15)16-4-2-3-5-18(16)25-21/h2-6,9-11,13,15H,7-8,12H2,1H3,(H,23,25)(H,24,26). The molecule has 1 atom stereocenters. The number of rotatable bonds is 5. The Bertz CT molecular complexity index is 1060. The fourth-order valence-electron chi connectivity index (χ4n) is 3.42. The number of nitrogens with one attached hydrogen (secondary N) is 2. The molecule has 1 aliphatic heterocycles. The molecular formula is C22H21N3O3. The molecule has 0 bridgehead atoms. The van der Waals surface area contributed by atoms with Gasteiger partial charge in [-0.05, 0) is 49.6 Å². The first-order valence-corrected chi connectivity index (χ1v) is 9.54. The van der Waals surface area contributed by atoms with Crippen molar-refractivity contribution in [3.05, 3.63) is 59.7 Å². The van der Waals surface area contributed by atoms with Crippen LogP contribution in [0.1, 0.15) is 41.7 Å². The Morgan fingerprint density at radius 1 is 1.11 bits per heavy atom. The Hall–Kier alpha value is -3.28. The van der Waals surface area contributed by atoms with E-state index in [1.807, 2.05) is 48.5 Å². The van der Waals surface area contributed by atoms with Crippen molar-refractivity contribution in [2.45, 2.75) is 31.8 Å². The molecule has 3 aromatic rings. The van der Waals surface area contributed by atoms with Crippen LogP contribution in [0.2, 0.25) is 0 Å². The van der Waals surface area contributed by atoms with Crippen molar-refractivity contribution in [1.29, 1.82) is 0 Å². The van der Waals surface area contributed by atoms with E-state index < -0.39 is 0 Å². The normalized spacial score (nSPS) is 16.0. The van der Waals surface area contributed by atoms with Crippen molar-refractivity contribution < 1.29 is 14.3 Å². The van der Waals surface area contributed by atoms with E-state index in [1.54, 1.807) is 0 Å². The maximum absolute atomic E-state index is 12.7. The molecule has 0 saturated heterocycles. The Morgan fingerprint density at radius 2 is 1.93 bits per heavy atom. The predicted molar refractivity (Wildman–Crippen MR) is 107 cm³/mol. The number of hydrogen-bond donors (Lipinski definition) is 2. The molecule has 6 heteroatoms. The second-order valence-corrected chi connectivity index (χ2v) is 7.30. The Balaban J connectivity index is 1.45. The minimum absolute atomic E-state index is 0.0116. The van der Waals surface area contributed by atoms with Crippen LogP contribution in [-0.2, 0) is 0 Å². The highest BCUT2D eigenvalue weighted by Crippen LogP contribution is 2.35. The summed E-state index contributed by atoms with van der Waals surface area (Å²) in [6.45, 7) is 2.31. The number of aromatic nitrogens is 1. The number of carbonyl (C=O) groups excluding carboxylic acids is 1. The summed E-state index contributed by atoms with van der Waals surface area (Å²) in [4.78, 5) is 17.5. The number of fused-ring (bicyclic) bond motifs is 2. The van der Waals surface area contributed by atoms with E-state index in [4.69, 9.17) is 14.5 Å². The van der Waals surface area contributed by atoms with E-state index in [-0.39, 0.29) is 18.7 Å². The Morgan fingerprint density at radius 3 is 2.79 bits per heavy atom. The first-order chi connectivity index (χ1) is 13.7. The van der Waals surface area contributed by atoms with Crippen molar-refractivity contribution in [3.8, 4) is 11.5 Å². The molecular weight excluding hydrogens is 354 g/mol. The van der Waals surface area contributed by atoms with E-state index in [0.717, 1.165) is 40.8 Å². The zero-order chi connectivity index (χ0) is 19.1. The maximum atomic E-state index is 12.7. The van der Waals surface area contributed by atoms with Gasteiger partial charge in [-0.3, -0.25) is 4.79 Å². The van der Waals surface area contributed by atoms with Gasteiger partial charge in [0.2, 0.25) is 6.79 Å². The van der Waals surface area contributed by atoms with Crippen LogP contribution in [0.3, 0.4) is 0 Å². The smallest absolute Gasteiger partial charge is 0.252 e. The van der Waals surface area contributed by atoms with Crippen LogP contribution < -0.4 is 20.1 Å². The average Bonchev–Trinajstić information content (AvgIpc) is 3.39. The van der Waals surface area contributed by atoms with Crippen molar-refractivity contribution in [2.75, 3.05) is 12.1 Å². The largest absolute Gasteiger partial charge is 0.454 e. The second kappa shape index (κ2) is 6.71. The van der Waals surface area contributed by atoms with Crippen LogP contribution in [0.4, 0.5) is 5.82 Å². The molecule has 28 heavy (non-hydrogen) atoms. The molecule has 0 radical (unpaired) electrons. The fraction of sp³-hybridized carbons (Fsp3) is 0.273. The highest BCUT2D eigenvalue weighted by molar-refractivity contribution is 6.07. The van der Waals surface area contributed by atoms with Crippen molar-refractivity contribution in [2.24, 2.45) is 0 Å². The lowest BCUT2D eigenvalue weighted by Crippen LogP contribution is -2.26. The molecule has 5 rings (SSSR count). The third-order valence-corrected chi connectivity index (χ3v) is 5.13.